The third-order valence-electron chi connectivity index (χ3n) is 4.45. The number of amides is 1. The minimum Gasteiger partial charge on any atom is -0.353 e. The molecule has 1 saturated carbocycles. The number of carbonyl (C=O) groups is 1. The number of aromatic amines is 1. The van der Waals surface area contributed by atoms with E-state index in [9.17, 15) is 14.0 Å². The smallest absolute Gasteiger partial charge is 0.273 e. The molecule has 1 aromatic heterocycles. The van der Waals surface area contributed by atoms with Gasteiger partial charge in [0.1, 0.15) is 11.5 Å². The predicted molar refractivity (Wildman–Crippen MR) is 91.4 cm³/mol. The van der Waals surface area contributed by atoms with Crippen LogP contribution in [0.1, 0.15) is 44.2 Å². The zero-order valence-electron chi connectivity index (χ0n) is 13.9. The highest BCUT2D eigenvalue weighted by Gasteiger charge is 2.16. The van der Waals surface area contributed by atoms with Gasteiger partial charge in [-0.25, -0.2) is 4.39 Å². The van der Waals surface area contributed by atoms with Crippen molar-refractivity contribution in [3.8, 4) is 11.4 Å². The molecule has 132 valence electrons. The van der Waals surface area contributed by atoms with Gasteiger partial charge in [0.25, 0.3) is 5.56 Å². The fourth-order valence-electron chi connectivity index (χ4n) is 3.08. The molecule has 0 spiro atoms. The van der Waals surface area contributed by atoms with Crippen LogP contribution in [0.15, 0.2) is 29.1 Å². The van der Waals surface area contributed by atoms with E-state index in [-0.39, 0.29) is 41.9 Å². The van der Waals surface area contributed by atoms with Crippen molar-refractivity contribution in [1.82, 2.24) is 20.5 Å². The fraction of sp³-hybridized carbons (Fsp3) is 0.444. The highest BCUT2D eigenvalue weighted by molar-refractivity contribution is 5.76. The molecule has 0 saturated heterocycles. The zero-order chi connectivity index (χ0) is 17.6. The molecular formula is C18H21FN4O2. The minimum atomic E-state index is -0.480. The van der Waals surface area contributed by atoms with Gasteiger partial charge in [0.15, 0.2) is 5.82 Å². The van der Waals surface area contributed by atoms with E-state index in [1.807, 2.05) is 0 Å². The SMILES string of the molecule is O=C(CCc1nnc(-c2ccccc2F)[nH]c1=O)NC1CCCCC1. The maximum Gasteiger partial charge on any atom is 0.273 e. The Kier molecular flexibility index (Phi) is 5.53. The Morgan fingerprint density at radius 2 is 1.96 bits per heavy atom. The maximum absolute atomic E-state index is 13.7. The Morgan fingerprint density at radius 1 is 1.20 bits per heavy atom. The van der Waals surface area contributed by atoms with Crippen molar-refractivity contribution in [2.75, 3.05) is 0 Å². The molecule has 0 bridgehead atoms. The summed E-state index contributed by atoms with van der Waals surface area (Å²) in [5.41, 5.74) is -0.0775. The summed E-state index contributed by atoms with van der Waals surface area (Å²) in [6.45, 7) is 0. The first-order chi connectivity index (χ1) is 12.1. The number of rotatable bonds is 5. The second-order valence-electron chi connectivity index (χ2n) is 6.33. The summed E-state index contributed by atoms with van der Waals surface area (Å²) in [5, 5.41) is 10.8. The second kappa shape index (κ2) is 8.00. The lowest BCUT2D eigenvalue weighted by molar-refractivity contribution is -0.122. The molecule has 1 heterocycles. The van der Waals surface area contributed by atoms with E-state index in [0.29, 0.717) is 0 Å². The number of aryl methyl sites for hydroxylation is 1. The van der Waals surface area contributed by atoms with Gasteiger partial charge in [-0.1, -0.05) is 31.4 Å². The van der Waals surface area contributed by atoms with Crippen LogP contribution >= 0.6 is 0 Å². The number of nitrogens with one attached hydrogen (secondary N) is 2. The average molecular weight is 344 g/mol. The molecule has 6 nitrogen and oxygen atoms in total. The standard InChI is InChI=1S/C18H21FN4O2/c19-14-9-5-4-8-13(14)17-21-18(25)15(22-23-17)10-11-16(24)20-12-6-2-1-3-7-12/h4-5,8-9,12H,1-3,6-7,10-11H2,(H,20,24)(H,21,23,25). The quantitative estimate of drug-likeness (QED) is 0.871. The van der Waals surface area contributed by atoms with Crippen LogP contribution in [0.25, 0.3) is 11.4 Å². The lowest BCUT2D eigenvalue weighted by Gasteiger charge is -2.22. The van der Waals surface area contributed by atoms with E-state index in [1.54, 1.807) is 12.1 Å². The summed E-state index contributed by atoms with van der Waals surface area (Å²) in [7, 11) is 0. The summed E-state index contributed by atoms with van der Waals surface area (Å²) in [4.78, 5) is 26.7. The Hall–Kier alpha value is -2.57. The lowest BCUT2D eigenvalue weighted by Crippen LogP contribution is -2.36. The zero-order valence-corrected chi connectivity index (χ0v) is 13.9. The molecular weight excluding hydrogens is 323 g/mol. The molecule has 3 rings (SSSR count). The van der Waals surface area contributed by atoms with Gasteiger partial charge in [-0.05, 0) is 25.0 Å². The highest BCUT2D eigenvalue weighted by Crippen LogP contribution is 2.18. The van der Waals surface area contributed by atoms with Crippen molar-refractivity contribution >= 4 is 5.91 Å². The number of carbonyl (C=O) groups excluding carboxylic acids is 1. The summed E-state index contributed by atoms with van der Waals surface area (Å²) in [6, 6.07) is 6.27. The van der Waals surface area contributed by atoms with E-state index in [0.717, 1.165) is 25.7 Å². The van der Waals surface area contributed by atoms with Crippen LogP contribution in [-0.2, 0) is 11.2 Å². The van der Waals surface area contributed by atoms with Crippen LogP contribution in [0.2, 0.25) is 0 Å². The van der Waals surface area contributed by atoms with Gasteiger partial charge in [0, 0.05) is 18.9 Å². The number of benzene rings is 1. The first kappa shape index (κ1) is 17.3. The van der Waals surface area contributed by atoms with Crippen LogP contribution < -0.4 is 10.9 Å². The van der Waals surface area contributed by atoms with Crippen LogP contribution in [0.4, 0.5) is 4.39 Å². The minimum absolute atomic E-state index is 0.0775. The van der Waals surface area contributed by atoms with Gasteiger partial charge in [-0.3, -0.25) is 9.59 Å². The van der Waals surface area contributed by atoms with Crippen molar-refractivity contribution in [3.63, 3.8) is 0 Å². The first-order valence-corrected chi connectivity index (χ1v) is 8.63. The monoisotopic (exact) mass is 344 g/mol. The van der Waals surface area contributed by atoms with Crippen molar-refractivity contribution in [2.45, 2.75) is 51.0 Å². The molecule has 2 N–H and O–H groups in total. The van der Waals surface area contributed by atoms with Gasteiger partial charge in [0.2, 0.25) is 5.91 Å². The normalized spacial score (nSPS) is 15.1. The fourth-order valence-corrected chi connectivity index (χ4v) is 3.08. The van der Waals surface area contributed by atoms with Gasteiger partial charge in [0.05, 0.1) is 5.56 Å². The van der Waals surface area contributed by atoms with E-state index in [2.05, 4.69) is 20.5 Å². The third kappa shape index (κ3) is 4.49. The van der Waals surface area contributed by atoms with Crippen molar-refractivity contribution in [3.05, 3.63) is 46.1 Å². The Bertz CT molecular complexity index is 800. The molecule has 0 aliphatic heterocycles. The summed E-state index contributed by atoms with van der Waals surface area (Å²) < 4.78 is 13.7. The Labute approximate surface area is 144 Å². The van der Waals surface area contributed by atoms with Crippen LogP contribution in [0.3, 0.4) is 0 Å². The van der Waals surface area contributed by atoms with Gasteiger partial charge < -0.3 is 10.3 Å². The lowest BCUT2D eigenvalue weighted by atomic mass is 9.95. The number of H-pyrrole nitrogens is 1. The van der Waals surface area contributed by atoms with Gasteiger partial charge in [-0.15, -0.1) is 10.2 Å². The van der Waals surface area contributed by atoms with Crippen LogP contribution in [0, 0.1) is 5.82 Å². The highest BCUT2D eigenvalue weighted by atomic mass is 19.1. The number of hydrogen-bond acceptors (Lipinski definition) is 4. The predicted octanol–water partition coefficient (Wildman–Crippen LogP) is 2.35. The molecule has 1 aromatic carbocycles. The maximum atomic E-state index is 13.7. The molecule has 1 fully saturated rings. The van der Waals surface area contributed by atoms with E-state index in [4.69, 9.17) is 0 Å². The van der Waals surface area contributed by atoms with E-state index < -0.39 is 11.4 Å². The second-order valence-corrected chi connectivity index (χ2v) is 6.33. The summed E-state index contributed by atoms with van der Waals surface area (Å²) >= 11 is 0. The summed E-state index contributed by atoms with van der Waals surface area (Å²) in [5.74, 6) is -0.475. The summed E-state index contributed by atoms with van der Waals surface area (Å²) in [6.07, 6.45) is 5.95. The van der Waals surface area contributed by atoms with Gasteiger partial charge in [-0.2, -0.15) is 0 Å². The van der Waals surface area contributed by atoms with Crippen LogP contribution in [0.5, 0.6) is 0 Å². The topological polar surface area (TPSA) is 87.7 Å². The number of hydrogen-bond donors (Lipinski definition) is 2. The first-order valence-electron chi connectivity index (χ1n) is 8.63. The van der Waals surface area contributed by atoms with Gasteiger partial charge >= 0.3 is 0 Å². The number of aromatic nitrogens is 3. The number of nitrogens with zero attached hydrogens (tertiary/aromatic N) is 2. The van der Waals surface area contributed by atoms with E-state index in [1.165, 1.54) is 18.6 Å². The Balaban J connectivity index is 1.61. The molecule has 0 atom stereocenters. The van der Waals surface area contributed by atoms with Crippen molar-refractivity contribution in [1.29, 1.82) is 0 Å². The average Bonchev–Trinajstić information content (AvgIpc) is 2.62. The molecule has 7 heteroatoms. The molecule has 1 aliphatic carbocycles. The largest absolute Gasteiger partial charge is 0.353 e. The van der Waals surface area contributed by atoms with Crippen LogP contribution in [-0.4, -0.2) is 27.1 Å². The third-order valence-corrected chi connectivity index (χ3v) is 4.45. The molecule has 1 aliphatic rings. The van der Waals surface area contributed by atoms with E-state index >= 15 is 0 Å². The molecule has 1 amide bonds. The Morgan fingerprint density at radius 3 is 2.68 bits per heavy atom. The number of halogens is 1. The molecule has 0 unspecified atom stereocenters. The van der Waals surface area contributed by atoms with Crippen molar-refractivity contribution < 1.29 is 9.18 Å². The molecule has 2 aromatic rings. The molecule has 0 radical (unpaired) electrons. The van der Waals surface area contributed by atoms with Crippen molar-refractivity contribution in [2.24, 2.45) is 0 Å². The molecule has 25 heavy (non-hydrogen) atoms.